The predicted octanol–water partition coefficient (Wildman–Crippen LogP) is 1.54. The summed E-state index contributed by atoms with van der Waals surface area (Å²) >= 11 is 0. The molecule has 22 heteroatoms. The van der Waals surface area contributed by atoms with E-state index >= 15 is 0 Å². The van der Waals surface area contributed by atoms with E-state index in [1.54, 1.807) is 0 Å². The number of halogens is 17. The van der Waals surface area contributed by atoms with Crippen LogP contribution >= 0.6 is 0 Å². The Balaban J connectivity index is 0. The molecule has 3 nitrogen and oxygen atoms in total. The van der Waals surface area contributed by atoms with Gasteiger partial charge in [0.25, 0.3) is 0 Å². The van der Waals surface area contributed by atoms with E-state index in [1.807, 2.05) is 0 Å². The monoisotopic (exact) mass is 536 g/mol. The van der Waals surface area contributed by atoms with Gasteiger partial charge in [0.15, 0.2) is 0 Å². The summed E-state index contributed by atoms with van der Waals surface area (Å²) in [6.07, 6.45) is -7.87. The van der Waals surface area contributed by atoms with Gasteiger partial charge < -0.3 is 4.55 Å². The molecule has 182 valence electrons. The zero-order chi connectivity index (χ0) is 25.2. The number of hydrogen-bond acceptors (Lipinski definition) is 3. The Morgan fingerprint density at radius 2 is 0.710 bits per heavy atom. The number of rotatable bonds is 8. The van der Waals surface area contributed by atoms with Crippen molar-refractivity contribution in [3.05, 3.63) is 0 Å². The van der Waals surface area contributed by atoms with E-state index in [0.717, 1.165) is 0 Å². The van der Waals surface area contributed by atoms with Crippen LogP contribution in [0.2, 0.25) is 0 Å². The molecule has 0 aliphatic heterocycles. The first-order valence-corrected chi connectivity index (χ1v) is 7.68. The minimum absolute atomic E-state index is 0. The molecule has 0 spiro atoms. The van der Waals surface area contributed by atoms with Crippen LogP contribution in [0.5, 0.6) is 0 Å². The van der Waals surface area contributed by atoms with Crippen molar-refractivity contribution in [2.75, 3.05) is 5.75 Å². The SMILES string of the molecule is O=S(=O)([O-])CC(F)(F)C(F)(F)C(F)(F)C(F)(F)C(F)(F)C(F)(F)C(F)(F)C(F)(F)F.[Na+]. The van der Waals surface area contributed by atoms with Crippen molar-refractivity contribution < 1.29 is 117 Å². The molecule has 0 heterocycles. The van der Waals surface area contributed by atoms with Crippen molar-refractivity contribution in [2.45, 2.75) is 47.6 Å². The summed E-state index contributed by atoms with van der Waals surface area (Å²) in [4.78, 5) is 0. The summed E-state index contributed by atoms with van der Waals surface area (Å²) in [6, 6.07) is 0. The molecule has 0 fully saturated rings. The van der Waals surface area contributed by atoms with Crippen LogP contribution in [0, 0.1) is 0 Å². The van der Waals surface area contributed by atoms with Gasteiger partial charge in [0, 0.05) is 0 Å². The maximum Gasteiger partial charge on any atom is 1.00 e. The second-order valence-corrected chi connectivity index (χ2v) is 6.75. The van der Waals surface area contributed by atoms with Crippen molar-refractivity contribution in [3.63, 3.8) is 0 Å². The normalized spacial score (nSPS) is 16.2. The molecule has 0 aromatic rings. The molecule has 31 heavy (non-hydrogen) atoms. The summed E-state index contributed by atoms with van der Waals surface area (Å²) in [5, 5.41) is 0. The Kier molecular flexibility index (Phi) is 8.69. The Bertz CT molecular complexity index is 755. The van der Waals surface area contributed by atoms with Crippen LogP contribution in [0.3, 0.4) is 0 Å². The fourth-order valence-corrected chi connectivity index (χ4v) is 2.13. The van der Waals surface area contributed by atoms with Gasteiger partial charge in [0.2, 0.25) is 0 Å². The minimum atomic E-state index is -8.81. The quantitative estimate of drug-likeness (QED) is 0.269. The van der Waals surface area contributed by atoms with Crippen molar-refractivity contribution in [3.8, 4) is 0 Å². The summed E-state index contributed by atoms with van der Waals surface area (Å²) in [6.45, 7) is 0. The summed E-state index contributed by atoms with van der Waals surface area (Å²) in [5.74, 6) is -62.6. The molecule has 0 atom stereocenters. The molecule has 0 rings (SSSR count). The van der Waals surface area contributed by atoms with Gasteiger partial charge in [-0.05, 0) is 0 Å². The van der Waals surface area contributed by atoms with E-state index in [9.17, 15) is 87.6 Å². The molecule has 0 saturated carbocycles. The molecule has 0 N–H and O–H groups in total. The van der Waals surface area contributed by atoms with Crippen LogP contribution in [0.25, 0.3) is 0 Å². The number of hydrogen-bond donors (Lipinski definition) is 0. The molecule has 0 aromatic carbocycles. The maximum atomic E-state index is 13.1. The second-order valence-electron chi connectivity index (χ2n) is 5.35. The molecule has 0 aromatic heterocycles. The van der Waals surface area contributed by atoms with E-state index in [2.05, 4.69) is 0 Å². The van der Waals surface area contributed by atoms with Crippen LogP contribution < -0.4 is 29.6 Å². The minimum Gasteiger partial charge on any atom is -0.748 e. The molecule has 0 amide bonds. The first-order valence-electron chi connectivity index (χ1n) is 6.10. The summed E-state index contributed by atoms with van der Waals surface area (Å²) < 4.78 is 247. The molecule has 0 saturated heterocycles. The molecule has 0 unspecified atom stereocenters. The van der Waals surface area contributed by atoms with Crippen LogP contribution in [0.4, 0.5) is 74.6 Å². The molecule has 0 aliphatic carbocycles. The van der Waals surface area contributed by atoms with Crippen molar-refractivity contribution in [1.82, 2.24) is 0 Å². The summed E-state index contributed by atoms with van der Waals surface area (Å²) in [7, 11) is -6.74. The van der Waals surface area contributed by atoms with Gasteiger partial charge >= 0.3 is 77.2 Å². The third kappa shape index (κ3) is 4.84. The summed E-state index contributed by atoms with van der Waals surface area (Å²) in [5.41, 5.74) is 0. The maximum absolute atomic E-state index is 13.1. The fourth-order valence-electron chi connectivity index (χ4n) is 1.51. The largest absolute Gasteiger partial charge is 1.00 e. The third-order valence-electron chi connectivity index (χ3n) is 3.15. The van der Waals surface area contributed by atoms with Gasteiger partial charge in [0.1, 0.15) is 15.9 Å². The molecular formula is C9H2F17NaO3S. The second kappa shape index (κ2) is 8.19. The zero-order valence-electron chi connectivity index (χ0n) is 13.8. The molecule has 0 radical (unpaired) electrons. The molecular weight excluding hydrogens is 534 g/mol. The predicted molar refractivity (Wildman–Crippen MR) is 55.2 cm³/mol. The van der Waals surface area contributed by atoms with Gasteiger partial charge in [-0.2, -0.15) is 74.6 Å². The average Bonchev–Trinajstić information content (AvgIpc) is 2.41. The van der Waals surface area contributed by atoms with Gasteiger partial charge in [-0.1, -0.05) is 0 Å². The Morgan fingerprint density at radius 1 is 0.484 bits per heavy atom. The Hall–Kier alpha value is -0.280. The fraction of sp³-hybridized carbons (Fsp3) is 1.00. The zero-order valence-corrected chi connectivity index (χ0v) is 16.6. The van der Waals surface area contributed by atoms with Crippen molar-refractivity contribution >= 4 is 10.1 Å². The molecule has 0 aliphatic rings. The van der Waals surface area contributed by atoms with E-state index in [-0.39, 0.29) is 29.6 Å². The van der Waals surface area contributed by atoms with E-state index in [0.29, 0.717) is 0 Å². The van der Waals surface area contributed by atoms with Crippen LogP contribution in [0.1, 0.15) is 0 Å². The van der Waals surface area contributed by atoms with Crippen molar-refractivity contribution in [1.29, 1.82) is 0 Å². The first kappa shape index (κ1) is 32.9. The molecule has 0 bridgehead atoms. The Morgan fingerprint density at radius 3 is 0.935 bits per heavy atom. The standard InChI is InChI=1S/C9H3F17O3S.Na/c10-2(11,1-30(27,28)29)3(12,13)4(14,15)5(16,17)6(18,19)7(20,21)8(22,23)9(24,25)26;/h1H2,(H,27,28,29);/q;+1/p-1. The van der Waals surface area contributed by atoms with E-state index in [1.165, 1.54) is 0 Å². The van der Waals surface area contributed by atoms with Crippen LogP contribution in [0.15, 0.2) is 0 Å². The smallest absolute Gasteiger partial charge is 0.748 e. The Labute approximate surface area is 181 Å². The van der Waals surface area contributed by atoms with Crippen LogP contribution in [-0.4, -0.2) is 66.4 Å². The first-order chi connectivity index (χ1) is 12.5. The van der Waals surface area contributed by atoms with Gasteiger partial charge in [0.05, 0.1) is 0 Å². The third-order valence-corrected chi connectivity index (χ3v) is 3.86. The van der Waals surface area contributed by atoms with Crippen molar-refractivity contribution in [2.24, 2.45) is 0 Å². The van der Waals surface area contributed by atoms with E-state index < -0.39 is 63.5 Å². The topological polar surface area (TPSA) is 57.2 Å². The number of alkyl halides is 17. The average molecular weight is 536 g/mol. The van der Waals surface area contributed by atoms with E-state index in [4.69, 9.17) is 0 Å². The van der Waals surface area contributed by atoms with Crippen LogP contribution in [-0.2, 0) is 10.1 Å². The van der Waals surface area contributed by atoms with Gasteiger partial charge in [-0.3, -0.25) is 0 Å². The van der Waals surface area contributed by atoms with Gasteiger partial charge in [-0.25, -0.2) is 8.42 Å². The van der Waals surface area contributed by atoms with Gasteiger partial charge in [-0.15, -0.1) is 0 Å².